The summed E-state index contributed by atoms with van der Waals surface area (Å²) in [6, 6.07) is 12.7. The van der Waals surface area contributed by atoms with Crippen molar-refractivity contribution >= 4 is 17.6 Å². The summed E-state index contributed by atoms with van der Waals surface area (Å²) in [5, 5.41) is 9.76. The first-order valence-corrected chi connectivity index (χ1v) is 7.42. The Hall–Kier alpha value is -2.00. The van der Waals surface area contributed by atoms with E-state index in [0.717, 1.165) is 16.7 Å². The van der Waals surface area contributed by atoms with Gasteiger partial charge in [-0.15, -0.1) is 0 Å². The van der Waals surface area contributed by atoms with E-state index in [1.165, 1.54) is 0 Å². The molecule has 0 radical (unpaired) electrons. The molecule has 0 unspecified atom stereocenters. The summed E-state index contributed by atoms with van der Waals surface area (Å²) >= 11 is 5.91. The zero-order valence-electron chi connectivity index (χ0n) is 12.9. The number of aromatic hydroxyl groups is 1. The highest BCUT2D eigenvalue weighted by Crippen LogP contribution is 2.29. The van der Waals surface area contributed by atoms with Gasteiger partial charge in [-0.2, -0.15) is 0 Å². The minimum atomic E-state index is -0.472. The van der Waals surface area contributed by atoms with Gasteiger partial charge in [-0.25, -0.2) is 0 Å². The van der Waals surface area contributed by atoms with E-state index >= 15 is 0 Å². The van der Waals surface area contributed by atoms with Crippen molar-refractivity contribution in [1.29, 1.82) is 0 Å². The maximum Gasteiger partial charge on any atom is 0.310 e. The molecule has 0 bridgehead atoms. The molecule has 3 nitrogen and oxygen atoms in total. The Kier molecular flexibility index (Phi) is 4.77. The molecule has 0 atom stereocenters. The Balaban J connectivity index is 2.10. The Morgan fingerprint density at radius 2 is 1.68 bits per heavy atom. The van der Waals surface area contributed by atoms with Gasteiger partial charge >= 0.3 is 5.97 Å². The van der Waals surface area contributed by atoms with Crippen molar-refractivity contribution < 1.29 is 14.6 Å². The number of hydrogen-bond acceptors (Lipinski definition) is 3. The summed E-state index contributed by atoms with van der Waals surface area (Å²) < 4.78 is 5.30. The number of carbonyl (C=O) groups excluding carboxylic acids is 1. The first kappa shape index (κ1) is 16.4. The average Bonchev–Trinajstić information content (AvgIpc) is 2.40. The van der Waals surface area contributed by atoms with E-state index in [-0.39, 0.29) is 18.1 Å². The highest BCUT2D eigenvalue weighted by atomic mass is 35.5. The zero-order valence-corrected chi connectivity index (χ0v) is 13.6. The number of rotatable bonds is 3. The molecule has 0 aliphatic carbocycles. The third kappa shape index (κ3) is 4.50. The molecular weight excluding hydrogens is 300 g/mol. The van der Waals surface area contributed by atoms with Crippen LogP contribution in [0.25, 0.3) is 11.1 Å². The lowest BCUT2D eigenvalue weighted by molar-refractivity contribution is -0.153. The van der Waals surface area contributed by atoms with E-state index in [1.807, 2.05) is 45.0 Å². The quantitative estimate of drug-likeness (QED) is 0.841. The zero-order chi connectivity index (χ0) is 16.3. The number of phenols is 1. The summed E-state index contributed by atoms with van der Waals surface area (Å²) in [6.45, 7) is 5.55. The van der Waals surface area contributed by atoms with Crippen LogP contribution in [0, 0.1) is 0 Å². The van der Waals surface area contributed by atoms with E-state index < -0.39 is 5.60 Å². The molecular formula is C18H19ClO3. The third-order valence-electron chi connectivity index (χ3n) is 3.00. The predicted octanol–water partition coefficient (Wildman–Crippen LogP) is 4.60. The van der Waals surface area contributed by atoms with Crippen molar-refractivity contribution in [2.75, 3.05) is 0 Å². The third-order valence-corrected chi connectivity index (χ3v) is 3.31. The summed E-state index contributed by atoms with van der Waals surface area (Å²) in [6.07, 6.45) is 0.244. The second-order valence-electron chi connectivity index (χ2n) is 6.13. The van der Waals surface area contributed by atoms with Crippen molar-refractivity contribution in [2.24, 2.45) is 0 Å². The van der Waals surface area contributed by atoms with Gasteiger partial charge in [0.15, 0.2) is 0 Å². The Morgan fingerprint density at radius 1 is 1.09 bits per heavy atom. The molecule has 0 aliphatic rings. The first-order valence-electron chi connectivity index (χ1n) is 7.04. The summed E-state index contributed by atoms with van der Waals surface area (Å²) in [5.74, 6) is -0.181. The van der Waals surface area contributed by atoms with Gasteiger partial charge in [0.25, 0.3) is 0 Å². The monoisotopic (exact) mass is 318 g/mol. The SMILES string of the molecule is CC(C)(C)OC(=O)Cc1ccc(-c2ccc(O)c(Cl)c2)cc1. The molecule has 0 amide bonds. The number of carbonyl (C=O) groups is 1. The molecule has 0 heterocycles. The summed E-state index contributed by atoms with van der Waals surface area (Å²) in [5.41, 5.74) is 2.30. The molecule has 116 valence electrons. The van der Waals surface area contributed by atoms with Gasteiger partial charge in [0.05, 0.1) is 11.4 Å². The lowest BCUT2D eigenvalue weighted by atomic mass is 10.0. The largest absolute Gasteiger partial charge is 0.506 e. The van der Waals surface area contributed by atoms with Crippen LogP contribution in [0.15, 0.2) is 42.5 Å². The molecule has 4 heteroatoms. The minimum absolute atomic E-state index is 0.0620. The van der Waals surface area contributed by atoms with Crippen LogP contribution < -0.4 is 0 Å². The molecule has 0 fully saturated rings. The fourth-order valence-corrected chi connectivity index (χ4v) is 2.23. The van der Waals surface area contributed by atoms with Gasteiger partial charge in [-0.3, -0.25) is 4.79 Å². The molecule has 0 spiro atoms. The molecule has 2 aromatic carbocycles. The fourth-order valence-electron chi connectivity index (χ4n) is 2.05. The summed E-state index contributed by atoms with van der Waals surface area (Å²) in [4.78, 5) is 11.8. The van der Waals surface area contributed by atoms with Gasteiger partial charge in [0, 0.05) is 0 Å². The van der Waals surface area contributed by atoms with Crippen LogP contribution in [0.2, 0.25) is 5.02 Å². The van der Waals surface area contributed by atoms with Crippen LogP contribution >= 0.6 is 11.6 Å². The topological polar surface area (TPSA) is 46.5 Å². The number of ether oxygens (including phenoxy) is 1. The van der Waals surface area contributed by atoms with Gasteiger partial charge in [-0.05, 0) is 49.6 Å². The van der Waals surface area contributed by atoms with Crippen LogP contribution in [0.1, 0.15) is 26.3 Å². The van der Waals surface area contributed by atoms with Crippen LogP contribution in [-0.4, -0.2) is 16.7 Å². The second-order valence-corrected chi connectivity index (χ2v) is 6.53. The van der Waals surface area contributed by atoms with Gasteiger partial charge in [0.1, 0.15) is 11.4 Å². The highest BCUT2D eigenvalue weighted by Gasteiger charge is 2.16. The Labute approximate surface area is 135 Å². The molecule has 0 aromatic heterocycles. The number of benzene rings is 2. The van der Waals surface area contributed by atoms with Crippen LogP contribution in [-0.2, 0) is 16.0 Å². The second kappa shape index (κ2) is 6.41. The number of hydrogen-bond donors (Lipinski definition) is 1. The van der Waals surface area contributed by atoms with Gasteiger partial charge in [0.2, 0.25) is 0 Å². The average molecular weight is 319 g/mol. The number of halogens is 1. The first-order chi connectivity index (χ1) is 10.2. The lowest BCUT2D eigenvalue weighted by Crippen LogP contribution is -2.24. The smallest absolute Gasteiger partial charge is 0.310 e. The van der Waals surface area contributed by atoms with E-state index in [4.69, 9.17) is 16.3 Å². The van der Waals surface area contributed by atoms with Crippen LogP contribution in [0.4, 0.5) is 0 Å². The van der Waals surface area contributed by atoms with Crippen molar-refractivity contribution in [2.45, 2.75) is 32.8 Å². The molecule has 22 heavy (non-hydrogen) atoms. The van der Waals surface area contributed by atoms with E-state index in [0.29, 0.717) is 5.02 Å². The van der Waals surface area contributed by atoms with E-state index in [1.54, 1.807) is 18.2 Å². The van der Waals surface area contributed by atoms with Crippen LogP contribution in [0.3, 0.4) is 0 Å². The standard InChI is InChI=1S/C18H19ClO3/c1-18(2,3)22-17(21)10-12-4-6-13(7-5-12)14-8-9-16(20)15(19)11-14/h4-9,11,20H,10H2,1-3H3. The van der Waals surface area contributed by atoms with Crippen molar-refractivity contribution in [3.8, 4) is 16.9 Å². The maximum atomic E-state index is 11.8. The Bertz CT molecular complexity index is 670. The van der Waals surface area contributed by atoms with E-state index in [2.05, 4.69) is 0 Å². The van der Waals surface area contributed by atoms with E-state index in [9.17, 15) is 9.90 Å². The predicted molar refractivity (Wildman–Crippen MR) is 88.1 cm³/mol. The number of esters is 1. The van der Waals surface area contributed by atoms with Crippen LogP contribution in [0.5, 0.6) is 5.75 Å². The molecule has 0 aliphatic heterocycles. The molecule has 0 saturated heterocycles. The highest BCUT2D eigenvalue weighted by molar-refractivity contribution is 6.32. The molecule has 0 saturated carbocycles. The normalized spacial score (nSPS) is 11.3. The molecule has 1 N–H and O–H groups in total. The maximum absolute atomic E-state index is 11.8. The van der Waals surface area contributed by atoms with Crippen molar-refractivity contribution in [3.63, 3.8) is 0 Å². The number of phenolic OH excluding ortho intramolecular Hbond substituents is 1. The van der Waals surface area contributed by atoms with Gasteiger partial charge in [-0.1, -0.05) is 41.9 Å². The Morgan fingerprint density at radius 3 is 2.23 bits per heavy atom. The lowest BCUT2D eigenvalue weighted by Gasteiger charge is -2.19. The van der Waals surface area contributed by atoms with Crippen molar-refractivity contribution in [3.05, 3.63) is 53.1 Å². The molecule has 2 rings (SSSR count). The molecule has 2 aromatic rings. The minimum Gasteiger partial charge on any atom is -0.506 e. The van der Waals surface area contributed by atoms with Gasteiger partial charge < -0.3 is 9.84 Å². The summed E-state index contributed by atoms with van der Waals surface area (Å²) in [7, 11) is 0. The fraction of sp³-hybridized carbons (Fsp3) is 0.278. The van der Waals surface area contributed by atoms with Crippen molar-refractivity contribution in [1.82, 2.24) is 0 Å².